The number of thioether (sulfide) groups is 1. The molecule has 1 heterocycles. The first-order valence-corrected chi connectivity index (χ1v) is 9.17. The van der Waals surface area contributed by atoms with Gasteiger partial charge in [-0.15, -0.1) is 11.3 Å². The van der Waals surface area contributed by atoms with Gasteiger partial charge in [0.2, 0.25) is 5.91 Å². The van der Waals surface area contributed by atoms with E-state index >= 15 is 0 Å². The summed E-state index contributed by atoms with van der Waals surface area (Å²) in [5, 5.41) is 10.8. The topological polar surface area (TPSA) is 57.0 Å². The van der Waals surface area contributed by atoms with Crippen molar-refractivity contribution in [2.45, 2.75) is 31.5 Å². The van der Waals surface area contributed by atoms with E-state index in [2.05, 4.69) is 11.1 Å². The fraction of sp³-hybridized carbons (Fsp3) is 0.353. The van der Waals surface area contributed by atoms with Crippen molar-refractivity contribution in [1.82, 2.24) is 4.98 Å². The molecular weight excluding hydrogens is 326 g/mol. The molecule has 0 saturated heterocycles. The Kier molecular flexibility index (Phi) is 6.20. The van der Waals surface area contributed by atoms with Crippen LogP contribution in [0.2, 0.25) is 0 Å². The molecule has 0 N–H and O–H groups in total. The molecule has 0 unspecified atom stereocenters. The Morgan fingerprint density at radius 1 is 1.35 bits per heavy atom. The Hall–Kier alpha value is -1.84. The van der Waals surface area contributed by atoms with Crippen LogP contribution < -0.4 is 4.90 Å². The van der Waals surface area contributed by atoms with Crippen LogP contribution in [0, 0.1) is 32.1 Å². The van der Waals surface area contributed by atoms with Crippen LogP contribution in [-0.2, 0) is 4.79 Å². The molecule has 2 rings (SSSR count). The third-order valence-corrected chi connectivity index (χ3v) is 5.59. The number of benzene rings is 1. The van der Waals surface area contributed by atoms with Crippen LogP contribution in [0.5, 0.6) is 0 Å². The normalized spacial score (nSPS) is 10.3. The summed E-state index contributed by atoms with van der Waals surface area (Å²) in [6.45, 7) is 6.42. The minimum atomic E-state index is 0.00126. The monoisotopic (exact) mass is 345 g/mol. The first kappa shape index (κ1) is 17.5. The zero-order chi connectivity index (χ0) is 16.8. The molecule has 0 aliphatic rings. The molecule has 120 valence electrons. The van der Waals surface area contributed by atoms with Gasteiger partial charge < -0.3 is 4.90 Å². The molecule has 0 aliphatic heterocycles. The lowest BCUT2D eigenvalue weighted by Gasteiger charge is -2.22. The van der Waals surface area contributed by atoms with Gasteiger partial charge in [-0.25, -0.2) is 4.98 Å². The number of carbonyl (C=O) groups excluding carboxylic acids is 1. The largest absolute Gasteiger partial charge is 0.311 e. The van der Waals surface area contributed by atoms with E-state index in [0.717, 1.165) is 21.3 Å². The Labute approximate surface area is 145 Å². The lowest BCUT2D eigenvalue weighted by atomic mass is 10.1. The highest BCUT2D eigenvalue weighted by Gasteiger charge is 2.17. The summed E-state index contributed by atoms with van der Waals surface area (Å²) in [5.41, 5.74) is 4.15. The second-order valence-electron chi connectivity index (χ2n) is 5.27. The third kappa shape index (κ3) is 4.81. The van der Waals surface area contributed by atoms with E-state index in [0.29, 0.717) is 18.7 Å². The van der Waals surface area contributed by atoms with Gasteiger partial charge in [0.05, 0.1) is 18.2 Å². The summed E-state index contributed by atoms with van der Waals surface area (Å²) in [5.74, 6) is 0.326. The molecule has 0 fully saturated rings. The molecule has 0 aliphatic carbocycles. The van der Waals surface area contributed by atoms with Gasteiger partial charge in [-0.3, -0.25) is 4.79 Å². The SMILES string of the molecule is Cc1csc(SCC(=O)N(CCC#N)c2ccc(C)c(C)c2)n1. The summed E-state index contributed by atoms with van der Waals surface area (Å²) in [6, 6.07) is 8.07. The molecule has 1 aromatic heterocycles. The number of hydrogen-bond donors (Lipinski definition) is 0. The van der Waals surface area contributed by atoms with Crippen LogP contribution >= 0.6 is 23.1 Å². The molecular formula is C17H19N3OS2. The highest BCUT2D eigenvalue weighted by Crippen LogP contribution is 2.25. The minimum Gasteiger partial charge on any atom is -0.311 e. The van der Waals surface area contributed by atoms with Crippen LogP contribution in [0.3, 0.4) is 0 Å². The maximum absolute atomic E-state index is 12.6. The summed E-state index contributed by atoms with van der Waals surface area (Å²) < 4.78 is 0.899. The van der Waals surface area contributed by atoms with Crippen LogP contribution in [0.25, 0.3) is 0 Å². The number of nitriles is 1. The van der Waals surface area contributed by atoms with E-state index in [1.165, 1.54) is 17.3 Å². The Morgan fingerprint density at radius 3 is 2.74 bits per heavy atom. The van der Waals surface area contributed by atoms with E-state index in [4.69, 9.17) is 5.26 Å². The number of aryl methyl sites for hydroxylation is 3. The molecule has 0 saturated carbocycles. The highest BCUT2D eigenvalue weighted by molar-refractivity contribution is 8.01. The standard InChI is InChI=1S/C17H19N3OS2/c1-12-5-6-15(9-13(12)2)20(8-4-7-18)16(21)11-23-17-19-14(3)10-22-17/h5-6,9-10H,4,8,11H2,1-3H3. The Morgan fingerprint density at radius 2 is 2.13 bits per heavy atom. The molecule has 23 heavy (non-hydrogen) atoms. The number of anilines is 1. The summed E-state index contributed by atoms with van der Waals surface area (Å²) in [4.78, 5) is 18.7. The van der Waals surface area contributed by atoms with E-state index in [1.807, 2.05) is 44.4 Å². The van der Waals surface area contributed by atoms with Gasteiger partial charge in [-0.2, -0.15) is 5.26 Å². The number of thiazole rings is 1. The smallest absolute Gasteiger partial charge is 0.237 e. The van der Waals surface area contributed by atoms with E-state index in [9.17, 15) is 4.79 Å². The number of amides is 1. The van der Waals surface area contributed by atoms with Gasteiger partial charge in [0.1, 0.15) is 0 Å². The molecule has 0 radical (unpaired) electrons. The molecule has 1 amide bonds. The highest BCUT2D eigenvalue weighted by atomic mass is 32.2. The molecule has 1 aromatic carbocycles. The minimum absolute atomic E-state index is 0.00126. The van der Waals surface area contributed by atoms with Crippen molar-refractivity contribution in [2.24, 2.45) is 0 Å². The summed E-state index contributed by atoms with van der Waals surface area (Å²) >= 11 is 3.00. The quantitative estimate of drug-likeness (QED) is 0.739. The number of nitrogens with zero attached hydrogens (tertiary/aromatic N) is 3. The van der Waals surface area contributed by atoms with Gasteiger partial charge in [-0.05, 0) is 44.0 Å². The van der Waals surface area contributed by atoms with E-state index < -0.39 is 0 Å². The average Bonchev–Trinajstić information content (AvgIpc) is 2.94. The van der Waals surface area contributed by atoms with Gasteiger partial charge >= 0.3 is 0 Å². The first-order chi connectivity index (χ1) is 11.0. The lowest BCUT2D eigenvalue weighted by molar-refractivity contribution is -0.116. The van der Waals surface area contributed by atoms with Crippen molar-refractivity contribution in [3.05, 3.63) is 40.4 Å². The fourth-order valence-electron chi connectivity index (χ4n) is 2.05. The van der Waals surface area contributed by atoms with Crippen LogP contribution in [0.1, 0.15) is 23.2 Å². The Bertz CT molecular complexity index is 734. The number of rotatable bonds is 6. The van der Waals surface area contributed by atoms with Gasteiger partial charge in [0.15, 0.2) is 4.34 Å². The van der Waals surface area contributed by atoms with Crippen molar-refractivity contribution in [3.63, 3.8) is 0 Å². The van der Waals surface area contributed by atoms with Crippen molar-refractivity contribution in [2.75, 3.05) is 17.2 Å². The average molecular weight is 345 g/mol. The molecule has 0 spiro atoms. The summed E-state index contributed by atoms with van der Waals surface area (Å²) in [7, 11) is 0. The van der Waals surface area contributed by atoms with Crippen molar-refractivity contribution in [3.8, 4) is 6.07 Å². The summed E-state index contributed by atoms with van der Waals surface area (Å²) in [6.07, 6.45) is 0.319. The Balaban J connectivity index is 2.11. The van der Waals surface area contributed by atoms with Crippen molar-refractivity contribution in [1.29, 1.82) is 5.26 Å². The maximum atomic E-state index is 12.6. The van der Waals surface area contributed by atoms with E-state index in [1.54, 1.807) is 16.2 Å². The van der Waals surface area contributed by atoms with Crippen molar-refractivity contribution < 1.29 is 4.79 Å². The first-order valence-electron chi connectivity index (χ1n) is 7.30. The number of carbonyl (C=O) groups is 1. The predicted octanol–water partition coefficient (Wildman–Crippen LogP) is 4.11. The van der Waals surface area contributed by atoms with Crippen LogP contribution in [-0.4, -0.2) is 23.2 Å². The molecule has 4 nitrogen and oxygen atoms in total. The zero-order valence-corrected chi connectivity index (χ0v) is 15.1. The van der Waals surface area contributed by atoms with Gasteiger partial charge in [-0.1, -0.05) is 17.8 Å². The molecule has 0 bridgehead atoms. The second-order valence-corrected chi connectivity index (χ2v) is 7.35. The van der Waals surface area contributed by atoms with Crippen LogP contribution in [0.15, 0.2) is 27.9 Å². The molecule has 2 aromatic rings. The fourth-order valence-corrected chi connectivity index (χ4v) is 3.78. The van der Waals surface area contributed by atoms with Gasteiger partial charge in [0.25, 0.3) is 0 Å². The predicted molar refractivity (Wildman–Crippen MR) is 96.1 cm³/mol. The third-order valence-electron chi connectivity index (χ3n) is 3.47. The van der Waals surface area contributed by atoms with Gasteiger partial charge in [0, 0.05) is 23.3 Å². The van der Waals surface area contributed by atoms with E-state index in [-0.39, 0.29) is 5.91 Å². The zero-order valence-electron chi connectivity index (χ0n) is 13.5. The van der Waals surface area contributed by atoms with Crippen molar-refractivity contribution >= 4 is 34.7 Å². The molecule has 0 atom stereocenters. The number of hydrogen-bond acceptors (Lipinski definition) is 5. The lowest BCUT2D eigenvalue weighted by Crippen LogP contribution is -2.33. The maximum Gasteiger partial charge on any atom is 0.237 e. The number of aromatic nitrogens is 1. The molecule has 6 heteroatoms. The second kappa shape index (κ2) is 8.14. The van der Waals surface area contributed by atoms with Crippen LogP contribution in [0.4, 0.5) is 5.69 Å².